The zero-order valence-electron chi connectivity index (χ0n) is 10.4. The van der Waals surface area contributed by atoms with Gasteiger partial charge in [0.25, 0.3) is 5.91 Å². The Morgan fingerprint density at radius 1 is 1.16 bits per heavy atom. The van der Waals surface area contributed by atoms with Crippen LogP contribution in [0.5, 0.6) is 5.75 Å². The van der Waals surface area contributed by atoms with Crippen molar-refractivity contribution in [2.45, 2.75) is 0 Å². The smallest absolute Gasteiger partial charge is 0.259 e. The lowest BCUT2D eigenvalue weighted by atomic mass is 10.1. The summed E-state index contributed by atoms with van der Waals surface area (Å²) in [6.07, 6.45) is 0. The number of nitrogens with one attached hydrogen (secondary N) is 1. The molecule has 2 rings (SSSR count). The summed E-state index contributed by atoms with van der Waals surface area (Å²) in [7, 11) is 1.51. The maximum atomic E-state index is 12.2. The molecule has 0 heterocycles. The first-order chi connectivity index (χ1) is 9.26. The Hall–Kier alpha value is -2.80. The standard InChI is InChI=1S/C15H12N2O2/c1-19-14-9-5-3-7-12(14)15(18)17-13-8-4-2-6-11(13)10-16/h2-9H,1H3,(H,17,18). The number of nitriles is 1. The monoisotopic (exact) mass is 252 g/mol. The van der Waals surface area contributed by atoms with Crippen molar-refractivity contribution in [1.29, 1.82) is 5.26 Å². The van der Waals surface area contributed by atoms with E-state index in [1.807, 2.05) is 6.07 Å². The maximum absolute atomic E-state index is 12.2. The van der Waals surface area contributed by atoms with E-state index in [0.717, 1.165) is 0 Å². The predicted molar refractivity (Wildman–Crippen MR) is 72.1 cm³/mol. The summed E-state index contributed by atoms with van der Waals surface area (Å²) < 4.78 is 5.13. The highest BCUT2D eigenvalue weighted by atomic mass is 16.5. The van der Waals surface area contributed by atoms with Gasteiger partial charge in [0.15, 0.2) is 0 Å². The van der Waals surface area contributed by atoms with Crippen LogP contribution in [0, 0.1) is 11.3 Å². The number of nitrogens with zero attached hydrogens (tertiary/aromatic N) is 1. The first-order valence-corrected chi connectivity index (χ1v) is 5.69. The molecule has 0 aliphatic rings. The van der Waals surface area contributed by atoms with Crippen molar-refractivity contribution >= 4 is 11.6 Å². The van der Waals surface area contributed by atoms with Gasteiger partial charge in [0.2, 0.25) is 0 Å². The van der Waals surface area contributed by atoms with Crippen molar-refractivity contribution in [3.63, 3.8) is 0 Å². The molecule has 0 spiro atoms. The third-order valence-corrected chi connectivity index (χ3v) is 2.65. The molecule has 0 radical (unpaired) electrons. The highest BCUT2D eigenvalue weighted by molar-refractivity contribution is 6.06. The largest absolute Gasteiger partial charge is 0.496 e. The molecule has 2 aromatic carbocycles. The highest BCUT2D eigenvalue weighted by Gasteiger charge is 2.12. The van der Waals surface area contributed by atoms with Gasteiger partial charge < -0.3 is 10.1 Å². The van der Waals surface area contributed by atoms with Crippen molar-refractivity contribution in [2.24, 2.45) is 0 Å². The number of anilines is 1. The van der Waals surface area contributed by atoms with Gasteiger partial charge in [-0.2, -0.15) is 5.26 Å². The number of rotatable bonds is 3. The lowest BCUT2D eigenvalue weighted by Crippen LogP contribution is -2.13. The minimum Gasteiger partial charge on any atom is -0.496 e. The van der Waals surface area contributed by atoms with Crippen LogP contribution >= 0.6 is 0 Å². The Balaban J connectivity index is 2.29. The second-order valence-electron chi connectivity index (χ2n) is 3.81. The zero-order chi connectivity index (χ0) is 13.7. The number of ether oxygens (including phenoxy) is 1. The predicted octanol–water partition coefficient (Wildman–Crippen LogP) is 2.82. The van der Waals surface area contributed by atoms with Crippen LogP contribution < -0.4 is 10.1 Å². The third-order valence-electron chi connectivity index (χ3n) is 2.65. The molecule has 0 saturated carbocycles. The van der Waals surface area contributed by atoms with Crippen molar-refractivity contribution in [1.82, 2.24) is 0 Å². The van der Waals surface area contributed by atoms with E-state index < -0.39 is 0 Å². The molecule has 4 nitrogen and oxygen atoms in total. The minimum atomic E-state index is -0.305. The highest BCUT2D eigenvalue weighted by Crippen LogP contribution is 2.20. The molecule has 0 aliphatic carbocycles. The molecule has 19 heavy (non-hydrogen) atoms. The fourth-order valence-electron chi connectivity index (χ4n) is 1.71. The van der Waals surface area contributed by atoms with E-state index in [2.05, 4.69) is 5.32 Å². The van der Waals surface area contributed by atoms with Crippen LogP contribution in [-0.4, -0.2) is 13.0 Å². The van der Waals surface area contributed by atoms with Gasteiger partial charge in [0, 0.05) is 0 Å². The Labute approximate surface area is 111 Å². The molecule has 1 N–H and O–H groups in total. The Morgan fingerprint density at radius 3 is 2.58 bits per heavy atom. The van der Waals surface area contributed by atoms with Crippen LogP contribution in [0.3, 0.4) is 0 Å². The number of benzene rings is 2. The van der Waals surface area contributed by atoms with Crippen LogP contribution in [-0.2, 0) is 0 Å². The number of hydrogen-bond acceptors (Lipinski definition) is 3. The van der Waals surface area contributed by atoms with Crippen LogP contribution in [0.4, 0.5) is 5.69 Å². The van der Waals surface area contributed by atoms with Gasteiger partial charge in [-0.3, -0.25) is 4.79 Å². The summed E-state index contributed by atoms with van der Waals surface area (Å²) in [6, 6.07) is 15.8. The molecule has 0 saturated heterocycles. The van der Waals surface area contributed by atoms with E-state index >= 15 is 0 Å². The molecular weight excluding hydrogens is 240 g/mol. The molecule has 0 aromatic heterocycles. The molecule has 1 amide bonds. The average molecular weight is 252 g/mol. The van der Waals surface area contributed by atoms with E-state index in [9.17, 15) is 4.79 Å². The molecule has 0 fully saturated rings. The van der Waals surface area contributed by atoms with Gasteiger partial charge in [0.05, 0.1) is 23.9 Å². The molecular formula is C15H12N2O2. The van der Waals surface area contributed by atoms with E-state index in [4.69, 9.17) is 10.00 Å². The third kappa shape index (κ3) is 2.72. The molecule has 0 unspecified atom stereocenters. The van der Waals surface area contributed by atoms with Gasteiger partial charge >= 0.3 is 0 Å². The van der Waals surface area contributed by atoms with Crippen LogP contribution in [0.15, 0.2) is 48.5 Å². The first kappa shape index (κ1) is 12.7. The molecule has 94 valence electrons. The molecule has 0 bridgehead atoms. The SMILES string of the molecule is COc1ccccc1C(=O)Nc1ccccc1C#N. The van der Waals surface area contributed by atoms with Crippen LogP contribution in [0.2, 0.25) is 0 Å². The number of carbonyl (C=O) groups excluding carboxylic acids is 1. The summed E-state index contributed by atoms with van der Waals surface area (Å²) >= 11 is 0. The summed E-state index contributed by atoms with van der Waals surface area (Å²) in [6.45, 7) is 0. The van der Waals surface area contributed by atoms with Crippen molar-refractivity contribution in [3.8, 4) is 11.8 Å². The summed E-state index contributed by atoms with van der Waals surface area (Å²) in [5, 5.41) is 11.7. The summed E-state index contributed by atoms with van der Waals surface area (Å²) in [5.74, 6) is 0.189. The van der Waals surface area contributed by atoms with E-state index in [1.54, 1.807) is 48.5 Å². The van der Waals surface area contributed by atoms with Gasteiger partial charge in [-0.1, -0.05) is 24.3 Å². The van der Waals surface area contributed by atoms with Gasteiger partial charge in [0.1, 0.15) is 11.8 Å². The minimum absolute atomic E-state index is 0.305. The topological polar surface area (TPSA) is 62.1 Å². The van der Waals surface area contributed by atoms with Crippen LogP contribution in [0.25, 0.3) is 0 Å². The number of carbonyl (C=O) groups is 1. The maximum Gasteiger partial charge on any atom is 0.259 e. The number of hydrogen-bond donors (Lipinski definition) is 1. The fourth-order valence-corrected chi connectivity index (χ4v) is 1.71. The number of methoxy groups -OCH3 is 1. The average Bonchev–Trinajstić information content (AvgIpc) is 2.47. The lowest BCUT2D eigenvalue weighted by molar-refractivity contribution is 0.102. The lowest BCUT2D eigenvalue weighted by Gasteiger charge is -2.09. The van der Waals surface area contributed by atoms with Gasteiger partial charge in [-0.25, -0.2) is 0 Å². The second kappa shape index (κ2) is 5.69. The Morgan fingerprint density at radius 2 is 1.84 bits per heavy atom. The first-order valence-electron chi connectivity index (χ1n) is 5.69. The van der Waals surface area contributed by atoms with Gasteiger partial charge in [-0.05, 0) is 24.3 Å². The van der Waals surface area contributed by atoms with E-state index in [-0.39, 0.29) is 5.91 Å². The van der Waals surface area contributed by atoms with E-state index in [1.165, 1.54) is 7.11 Å². The molecule has 2 aromatic rings. The molecule has 0 aliphatic heterocycles. The quantitative estimate of drug-likeness (QED) is 0.913. The second-order valence-corrected chi connectivity index (χ2v) is 3.81. The zero-order valence-corrected chi connectivity index (χ0v) is 10.4. The molecule has 4 heteroatoms. The Kier molecular flexibility index (Phi) is 3.79. The number of para-hydroxylation sites is 2. The Bertz CT molecular complexity index is 645. The molecule has 0 atom stereocenters. The van der Waals surface area contributed by atoms with Crippen molar-refractivity contribution in [3.05, 3.63) is 59.7 Å². The normalized spacial score (nSPS) is 9.47. The van der Waals surface area contributed by atoms with Gasteiger partial charge in [-0.15, -0.1) is 0 Å². The summed E-state index contributed by atoms with van der Waals surface area (Å²) in [4.78, 5) is 12.2. The van der Waals surface area contributed by atoms with Crippen LogP contribution in [0.1, 0.15) is 15.9 Å². The van der Waals surface area contributed by atoms with Crippen molar-refractivity contribution < 1.29 is 9.53 Å². The number of amides is 1. The fraction of sp³-hybridized carbons (Fsp3) is 0.0667. The van der Waals surface area contributed by atoms with E-state index in [0.29, 0.717) is 22.6 Å². The summed E-state index contributed by atoms with van der Waals surface area (Å²) in [5.41, 5.74) is 1.34. The van der Waals surface area contributed by atoms with Crippen molar-refractivity contribution in [2.75, 3.05) is 12.4 Å².